The van der Waals surface area contributed by atoms with Crippen LogP contribution in [0.25, 0.3) is 0 Å². The van der Waals surface area contributed by atoms with Crippen molar-refractivity contribution in [2.24, 2.45) is 0 Å². The van der Waals surface area contributed by atoms with Gasteiger partial charge in [-0.05, 0) is 64.9 Å². The summed E-state index contributed by atoms with van der Waals surface area (Å²) in [6.07, 6.45) is 3.94. The number of furan rings is 1. The first-order chi connectivity index (χ1) is 10.7. The third-order valence-electron chi connectivity index (χ3n) is 4.27. The van der Waals surface area contributed by atoms with Crippen molar-refractivity contribution >= 4 is 21.8 Å². The van der Waals surface area contributed by atoms with Crippen LogP contribution in [0.3, 0.4) is 0 Å². The highest BCUT2D eigenvalue weighted by Gasteiger charge is 2.29. The van der Waals surface area contributed by atoms with Crippen molar-refractivity contribution in [3.8, 4) is 0 Å². The molecule has 22 heavy (non-hydrogen) atoms. The second-order valence-electron chi connectivity index (χ2n) is 5.77. The molecular formula is C18H20BrNO2. The number of aryl methyl sites for hydroxylation is 1. The number of rotatable bonds is 4. The Hall–Kier alpha value is -1.55. The maximum absolute atomic E-state index is 12.8. The van der Waals surface area contributed by atoms with Gasteiger partial charge in [-0.1, -0.05) is 31.2 Å². The normalized spacial score (nSPS) is 17.1. The summed E-state index contributed by atoms with van der Waals surface area (Å²) in [6, 6.07) is 12.3. The van der Waals surface area contributed by atoms with E-state index in [9.17, 15) is 4.79 Å². The zero-order chi connectivity index (χ0) is 15.5. The minimum atomic E-state index is -0.00284. The molecule has 1 aliphatic rings. The van der Waals surface area contributed by atoms with Gasteiger partial charge in [-0.2, -0.15) is 0 Å². The molecule has 0 fully saturated rings. The van der Waals surface area contributed by atoms with Crippen molar-refractivity contribution in [3.05, 3.63) is 58.0 Å². The Morgan fingerprint density at radius 1 is 1.27 bits per heavy atom. The summed E-state index contributed by atoms with van der Waals surface area (Å²) in [5.74, 6) is 0.413. The Morgan fingerprint density at radius 3 is 2.73 bits per heavy atom. The second kappa shape index (κ2) is 6.69. The lowest BCUT2D eigenvalue weighted by atomic mass is 9.87. The maximum Gasteiger partial charge on any atom is 0.289 e. The van der Waals surface area contributed by atoms with E-state index in [4.69, 9.17) is 4.42 Å². The summed E-state index contributed by atoms with van der Waals surface area (Å²) in [5, 5.41) is 0. The van der Waals surface area contributed by atoms with Gasteiger partial charge in [-0.25, -0.2) is 0 Å². The first-order valence-corrected chi connectivity index (χ1v) is 8.61. The van der Waals surface area contributed by atoms with Gasteiger partial charge in [0, 0.05) is 12.6 Å². The minimum absolute atomic E-state index is 0.00284. The summed E-state index contributed by atoms with van der Waals surface area (Å²) in [4.78, 5) is 14.8. The van der Waals surface area contributed by atoms with Crippen LogP contribution in [0.15, 0.2) is 45.5 Å². The number of carbonyl (C=O) groups is 1. The summed E-state index contributed by atoms with van der Waals surface area (Å²) >= 11 is 3.27. The van der Waals surface area contributed by atoms with E-state index in [2.05, 4.69) is 47.1 Å². The second-order valence-corrected chi connectivity index (χ2v) is 6.55. The van der Waals surface area contributed by atoms with Crippen LogP contribution < -0.4 is 0 Å². The number of hydrogen-bond donors (Lipinski definition) is 0. The zero-order valence-corrected chi connectivity index (χ0v) is 14.3. The number of amides is 1. The Balaban J connectivity index is 1.81. The fourth-order valence-corrected chi connectivity index (χ4v) is 3.51. The molecule has 0 N–H and O–H groups in total. The van der Waals surface area contributed by atoms with Gasteiger partial charge in [-0.3, -0.25) is 4.79 Å². The van der Waals surface area contributed by atoms with Crippen LogP contribution in [0.4, 0.5) is 0 Å². The molecule has 2 aromatic rings. The monoisotopic (exact) mass is 361 g/mol. The molecular weight excluding hydrogens is 342 g/mol. The highest BCUT2D eigenvalue weighted by atomic mass is 79.9. The quantitative estimate of drug-likeness (QED) is 0.805. The summed E-state index contributed by atoms with van der Waals surface area (Å²) in [5.41, 5.74) is 2.79. The molecule has 0 saturated carbocycles. The number of hydrogen-bond acceptors (Lipinski definition) is 2. The minimum Gasteiger partial charge on any atom is -0.444 e. The Morgan fingerprint density at radius 2 is 2.05 bits per heavy atom. The van der Waals surface area contributed by atoms with Crippen LogP contribution >= 0.6 is 15.9 Å². The highest BCUT2D eigenvalue weighted by molar-refractivity contribution is 9.10. The lowest BCUT2D eigenvalue weighted by Crippen LogP contribution is -2.43. The van der Waals surface area contributed by atoms with Crippen LogP contribution in [-0.4, -0.2) is 23.4 Å². The molecule has 1 heterocycles. The van der Waals surface area contributed by atoms with Crippen LogP contribution in [0, 0.1) is 0 Å². The molecule has 0 aliphatic heterocycles. The van der Waals surface area contributed by atoms with Gasteiger partial charge < -0.3 is 9.32 Å². The number of fused-ring (bicyclic) bond motifs is 1. The topological polar surface area (TPSA) is 33.5 Å². The van der Waals surface area contributed by atoms with Crippen LogP contribution in [0.2, 0.25) is 0 Å². The molecule has 1 aromatic carbocycles. The third kappa shape index (κ3) is 3.12. The molecule has 116 valence electrons. The van der Waals surface area contributed by atoms with Gasteiger partial charge in [0.2, 0.25) is 0 Å². The predicted octanol–water partition coefficient (Wildman–Crippen LogP) is 4.45. The summed E-state index contributed by atoms with van der Waals surface area (Å²) < 4.78 is 6.06. The molecule has 0 spiro atoms. The lowest BCUT2D eigenvalue weighted by molar-refractivity contribution is 0.0627. The number of benzene rings is 1. The lowest BCUT2D eigenvalue weighted by Gasteiger charge is -2.34. The number of carbonyl (C=O) groups excluding carboxylic acids is 1. The summed E-state index contributed by atoms with van der Waals surface area (Å²) in [7, 11) is 0. The van der Waals surface area contributed by atoms with E-state index in [1.165, 1.54) is 11.1 Å². The molecule has 3 rings (SSSR count). The van der Waals surface area contributed by atoms with E-state index in [0.717, 1.165) is 32.2 Å². The van der Waals surface area contributed by atoms with Crippen molar-refractivity contribution in [2.45, 2.75) is 38.6 Å². The molecule has 1 aliphatic carbocycles. The maximum atomic E-state index is 12.8. The molecule has 1 amide bonds. The van der Waals surface area contributed by atoms with E-state index >= 15 is 0 Å². The van der Waals surface area contributed by atoms with Crippen LogP contribution in [-0.2, 0) is 12.8 Å². The molecule has 0 saturated heterocycles. The standard InChI is InChI=1S/C18H20BrNO2/c1-2-11-20(18(21)16-9-10-17(19)22-16)15-8-7-13-5-3-4-6-14(13)12-15/h3-6,9-10,15H,2,7-8,11-12H2,1H3. The highest BCUT2D eigenvalue weighted by Crippen LogP contribution is 2.26. The largest absolute Gasteiger partial charge is 0.444 e. The van der Waals surface area contributed by atoms with Gasteiger partial charge in [0.1, 0.15) is 0 Å². The fourth-order valence-electron chi connectivity index (χ4n) is 3.21. The van der Waals surface area contributed by atoms with E-state index in [1.807, 2.05) is 4.90 Å². The third-order valence-corrected chi connectivity index (χ3v) is 4.70. The average Bonchev–Trinajstić information content (AvgIpc) is 2.98. The van der Waals surface area contributed by atoms with Crippen LogP contribution in [0.5, 0.6) is 0 Å². The van der Waals surface area contributed by atoms with E-state index in [-0.39, 0.29) is 11.9 Å². The fraction of sp³-hybridized carbons (Fsp3) is 0.389. The molecule has 3 nitrogen and oxygen atoms in total. The van der Waals surface area contributed by atoms with E-state index < -0.39 is 0 Å². The Kier molecular flexibility index (Phi) is 4.67. The van der Waals surface area contributed by atoms with Crippen molar-refractivity contribution < 1.29 is 9.21 Å². The van der Waals surface area contributed by atoms with Gasteiger partial charge >= 0.3 is 0 Å². The Labute approximate surface area is 139 Å². The van der Waals surface area contributed by atoms with Gasteiger partial charge in [0.25, 0.3) is 5.91 Å². The first-order valence-electron chi connectivity index (χ1n) is 7.82. The van der Waals surface area contributed by atoms with Crippen molar-refractivity contribution in [2.75, 3.05) is 6.54 Å². The molecule has 1 unspecified atom stereocenters. The van der Waals surface area contributed by atoms with Crippen molar-refractivity contribution in [1.82, 2.24) is 4.90 Å². The molecule has 4 heteroatoms. The molecule has 1 atom stereocenters. The smallest absolute Gasteiger partial charge is 0.289 e. The van der Waals surface area contributed by atoms with E-state index in [1.54, 1.807) is 12.1 Å². The van der Waals surface area contributed by atoms with Gasteiger partial charge in [0.05, 0.1) is 0 Å². The predicted molar refractivity (Wildman–Crippen MR) is 90.0 cm³/mol. The molecule has 0 radical (unpaired) electrons. The Bertz CT molecular complexity index is 665. The summed E-state index contributed by atoms with van der Waals surface area (Å²) in [6.45, 7) is 2.87. The van der Waals surface area contributed by atoms with E-state index in [0.29, 0.717) is 10.4 Å². The van der Waals surface area contributed by atoms with Gasteiger partial charge in [0.15, 0.2) is 10.4 Å². The van der Waals surface area contributed by atoms with Gasteiger partial charge in [-0.15, -0.1) is 0 Å². The number of nitrogens with zero attached hydrogens (tertiary/aromatic N) is 1. The van der Waals surface area contributed by atoms with Crippen molar-refractivity contribution in [3.63, 3.8) is 0 Å². The molecule has 1 aromatic heterocycles. The molecule has 0 bridgehead atoms. The SMILES string of the molecule is CCCN(C(=O)c1ccc(Br)o1)C1CCc2ccccc2C1. The zero-order valence-electron chi connectivity index (χ0n) is 12.7. The number of halogens is 1. The van der Waals surface area contributed by atoms with Crippen LogP contribution in [0.1, 0.15) is 41.4 Å². The first kappa shape index (κ1) is 15.3. The van der Waals surface area contributed by atoms with Crippen molar-refractivity contribution in [1.29, 1.82) is 0 Å². The average molecular weight is 362 g/mol.